The second-order valence-electron chi connectivity index (χ2n) is 9.87. The first-order chi connectivity index (χ1) is 19.4. The molecule has 1 aromatic carbocycles. The highest BCUT2D eigenvalue weighted by atomic mass is 32.2. The molecule has 0 bridgehead atoms. The van der Waals surface area contributed by atoms with Crippen LogP contribution in [-0.4, -0.2) is 64.0 Å². The summed E-state index contributed by atoms with van der Waals surface area (Å²) < 4.78 is 37.0. The Hall–Kier alpha value is -3.97. The van der Waals surface area contributed by atoms with Gasteiger partial charge in [-0.25, -0.2) is 33.3 Å². The third kappa shape index (κ3) is 4.90. The zero-order chi connectivity index (χ0) is 27.9. The van der Waals surface area contributed by atoms with E-state index < -0.39 is 9.84 Å². The number of nitrogens with one attached hydrogen (secondary N) is 1. The molecule has 0 unspecified atom stereocenters. The molecule has 3 aromatic heterocycles. The minimum Gasteiger partial charge on any atom is -0.480 e. The fraction of sp³-hybridized carbons (Fsp3) is 0.407. The lowest BCUT2D eigenvalue weighted by Gasteiger charge is -2.18. The minimum absolute atomic E-state index is 0.0335. The van der Waals surface area contributed by atoms with Gasteiger partial charge >= 0.3 is 0 Å². The third-order valence-electron chi connectivity index (χ3n) is 7.25. The average molecular weight is 564 g/mol. The van der Waals surface area contributed by atoms with Crippen LogP contribution in [0.15, 0.2) is 46.5 Å². The van der Waals surface area contributed by atoms with Crippen molar-refractivity contribution in [2.45, 2.75) is 49.6 Å². The zero-order valence-corrected chi connectivity index (χ0v) is 23.0. The Kier molecular flexibility index (Phi) is 6.92. The lowest BCUT2D eigenvalue weighted by atomic mass is 10.1. The van der Waals surface area contributed by atoms with Gasteiger partial charge in [0.15, 0.2) is 27.1 Å². The highest BCUT2D eigenvalue weighted by molar-refractivity contribution is 7.91. The van der Waals surface area contributed by atoms with E-state index in [1.54, 1.807) is 49.1 Å². The average Bonchev–Trinajstić information content (AvgIpc) is 3.69. The Morgan fingerprint density at radius 1 is 1.10 bits per heavy atom. The van der Waals surface area contributed by atoms with Crippen molar-refractivity contribution in [3.8, 4) is 17.3 Å². The molecule has 1 saturated heterocycles. The second-order valence-corrected chi connectivity index (χ2v) is 12.2. The van der Waals surface area contributed by atoms with E-state index in [0.717, 1.165) is 24.1 Å². The molecule has 208 valence electrons. The number of ether oxygens (including phenoxy) is 2. The molecule has 1 aliphatic heterocycles. The predicted octanol–water partition coefficient (Wildman–Crippen LogP) is 2.90. The number of hydrogen-bond acceptors (Lipinski definition) is 11. The molecule has 13 heteroatoms. The highest BCUT2D eigenvalue weighted by Gasteiger charge is 2.32. The van der Waals surface area contributed by atoms with Gasteiger partial charge in [0, 0.05) is 19.1 Å². The van der Waals surface area contributed by atoms with E-state index in [9.17, 15) is 13.2 Å². The second kappa shape index (κ2) is 10.5. The van der Waals surface area contributed by atoms with Crippen LogP contribution in [0.2, 0.25) is 0 Å². The number of anilines is 1. The van der Waals surface area contributed by atoms with Crippen molar-refractivity contribution in [3.63, 3.8) is 0 Å². The van der Waals surface area contributed by atoms with E-state index in [4.69, 9.17) is 14.5 Å². The maximum absolute atomic E-state index is 13.8. The van der Waals surface area contributed by atoms with Crippen LogP contribution in [-0.2, 0) is 21.1 Å². The molecule has 4 aromatic rings. The van der Waals surface area contributed by atoms with Crippen molar-refractivity contribution >= 4 is 26.8 Å². The van der Waals surface area contributed by atoms with Crippen LogP contribution in [0.3, 0.4) is 0 Å². The number of hydrogen-bond donors (Lipinski definition) is 1. The van der Waals surface area contributed by atoms with E-state index >= 15 is 0 Å². The van der Waals surface area contributed by atoms with Crippen LogP contribution in [0, 0.1) is 0 Å². The molecular weight excluding hydrogens is 534 g/mol. The number of fused-ring (bicyclic) bond motifs is 1. The Morgan fingerprint density at radius 3 is 2.58 bits per heavy atom. The van der Waals surface area contributed by atoms with Gasteiger partial charge in [0.1, 0.15) is 17.4 Å². The van der Waals surface area contributed by atoms with E-state index in [2.05, 4.69) is 25.3 Å². The Balaban J connectivity index is 1.39. The summed E-state index contributed by atoms with van der Waals surface area (Å²) in [5.74, 6) is 1.26. The predicted molar refractivity (Wildman–Crippen MR) is 147 cm³/mol. The summed E-state index contributed by atoms with van der Waals surface area (Å²) in [6.07, 6.45) is 5.80. The number of benzene rings is 1. The summed E-state index contributed by atoms with van der Waals surface area (Å²) in [5.41, 5.74) is 2.81. The summed E-state index contributed by atoms with van der Waals surface area (Å²) >= 11 is 0. The number of nitrogens with zero attached hydrogens (tertiary/aromatic N) is 6. The smallest absolute Gasteiger partial charge is 0.295 e. The van der Waals surface area contributed by atoms with E-state index in [1.165, 1.54) is 6.33 Å². The van der Waals surface area contributed by atoms with Gasteiger partial charge in [-0.2, -0.15) is 0 Å². The maximum Gasteiger partial charge on any atom is 0.295 e. The molecule has 1 saturated carbocycles. The molecule has 0 spiro atoms. The maximum atomic E-state index is 13.8. The largest absolute Gasteiger partial charge is 0.480 e. The molecular formula is C27H29N7O5S. The molecule has 0 amide bonds. The quantitative estimate of drug-likeness (QED) is 0.320. The van der Waals surface area contributed by atoms with Gasteiger partial charge in [0.2, 0.25) is 5.88 Å². The first-order valence-corrected chi connectivity index (χ1v) is 14.9. The van der Waals surface area contributed by atoms with Gasteiger partial charge in [0.25, 0.3) is 5.56 Å². The standard InChI is InChI=1S/C27H29N7O5S/c1-3-40(36,37)19-8-4-16(5-9-19)12-28-24-27(35)34(18-10-11-39-14-18)25-20(32-24)13-29-23(33-25)21-22(17-6-7-17)30-15-31-26(21)38-2/h4-5,8-9,13,15,17-18H,3,6-7,10-12,14H2,1-2H3,(H,28,32)/t18-/m0/s1. The van der Waals surface area contributed by atoms with E-state index in [1.807, 2.05) is 0 Å². The van der Waals surface area contributed by atoms with Crippen LogP contribution >= 0.6 is 0 Å². The van der Waals surface area contributed by atoms with Crippen LogP contribution < -0.4 is 15.6 Å². The Labute approximate surface area is 230 Å². The van der Waals surface area contributed by atoms with Gasteiger partial charge < -0.3 is 14.8 Å². The Morgan fingerprint density at radius 2 is 1.90 bits per heavy atom. The normalized spacial score (nSPS) is 17.3. The lowest BCUT2D eigenvalue weighted by Crippen LogP contribution is -2.30. The summed E-state index contributed by atoms with van der Waals surface area (Å²) in [4.78, 5) is 36.8. The first-order valence-electron chi connectivity index (χ1n) is 13.2. The topological polar surface area (TPSA) is 151 Å². The van der Waals surface area contributed by atoms with Gasteiger partial charge in [-0.1, -0.05) is 19.1 Å². The number of rotatable bonds is 9. The molecule has 0 radical (unpaired) electrons. The van der Waals surface area contributed by atoms with Gasteiger partial charge in [-0.05, 0) is 37.0 Å². The summed E-state index contributed by atoms with van der Waals surface area (Å²) in [6.45, 7) is 2.82. The zero-order valence-electron chi connectivity index (χ0n) is 22.2. The molecule has 12 nitrogen and oxygen atoms in total. The minimum atomic E-state index is -3.29. The highest BCUT2D eigenvalue weighted by Crippen LogP contribution is 2.44. The fourth-order valence-corrected chi connectivity index (χ4v) is 5.77. The number of aromatic nitrogens is 6. The Bertz CT molecular complexity index is 1730. The van der Waals surface area contributed by atoms with Crippen LogP contribution in [0.1, 0.15) is 49.4 Å². The van der Waals surface area contributed by atoms with Crippen LogP contribution in [0.5, 0.6) is 5.88 Å². The van der Waals surface area contributed by atoms with Crippen molar-refractivity contribution in [3.05, 3.63) is 58.4 Å². The van der Waals surface area contributed by atoms with Crippen LogP contribution in [0.4, 0.5) is 5.82 Å². The van der Waals surface area contributed by atoms with Crippen molar-refractivity contribution in [2.24, 2.45) is 0 Å². The van der Waals surface area contributed by atoms with Crippen molar-refractivity contribution < 1.29 is 17.9 Å². The summed E-state index contributed by atoms with van der Waals surface area (Å²) in [5, 5.41) is 3.12. The summed E-state index contributed by atoms with van der Waals surface area (Å²) in [7, 11) is -1.74. The SMILES string of the molecule is CCS(=O)(=O)c1ccc(CNc2nc3cnc(-c4c(OC)ncnc4C4CC4)nc3n([C@H]3CCOC3)c2=O)cc1. The van der Waals surface area contributed by atoms with Crippen molar-refractivity contribution in [1.82, 2.24) is 29.5 Å². The van der Waals surface area contributed by atoms with Gasteiger partial charge in [-0.3, -0.25) is 9.36 Å². The lowest BCUT2D eigenvalue weighted by molar-refractivity contribution is 0.186. The van der Waals surface area contributed by atoms with E-state index in [0.29, 0.717) is 54.0 Å². The van der Waals surface area contributed by atoms with Gasteiger partial charge in [-0.15, -0.1) is 0 Å². The molecule has 1 aliphatic carbocycles. The molecule has 1 atom stereocenters. The monoisotopic (exact) mass is 563 g/mol. The molecule has 40 heavy (non-hydrogen) atoms. The molecule has 2 aliphatic rings. The fourth-order valence-electron chi connectivity index (χ4n) is 4.88. The third-order valence-corrected chi connectivity index (χ3v) is 9.00. The molecule has 4 heterocycles. The summed E-state index contributed by atoms with van der Waals surface area (Å²) in [6, 6.07) is 6.39. The van der Waals surface area contributed by atoms with Crippen molar-refractivity contribution in [1.29, 1.82) is 0 Å². The molecule has 2 fully saturated rings. The molecule has 1 N–H and O–H groups in total. The van der Waals surface area contributed by atoms with Gasteiger partial charge in [0.05, 0.1) is 42.3 Å². The van der Waals surface area contributed by atoms with Crippen LogP contribution in [0.25, 0.3) is 22.6 Å². The number of methoxy groups -OCH3 is 1. The van der Waals surface area contributed by atoms with Crippen molar-refractivity contribution in [2.75, 3.05) is 31.4 Å². The molecule has 6 rings (SSSR count). The first kappa shape index (κ1) is 26.3. The van der Waals surface area contributed by atoms with E-state index in [-0.39, 0.29) is 34.6 Å². The number of sulfone groups is 1.